The summed E-state index contributed by atoms with van der Waals surface area (Å²) < 4.78 is 5.66. The summed E-state index contributed by atoms with van der Waals surface area (Å²) in [6, 6.07) is 0.683. The highest BCUT2D eigenvalue weighted by atomic mass is 16.5. The summed E-state index contributed by atoms with van der Waals surface area (Å²) in [5.41, 5.74) is 0. The molecule has 1 saturated heterocycles. The minimum Gasteiger partial charge on any atom is -0.377 e. The molecule has 10 heavy (non-hydrogen) atoms. The summed E-state index contributed by atoms with van der Waals surface area (Å²) >= 11 is 0. The van der Waals surface area contributed by atoms with Crippen LogP contribution in [0.4, 0.5) is 0 Å². The van der Waals surface area contributed by atoms with Gasteiger partial charge in [-0.15, -0.1) is 0 Å². The van der Waals surface area contributed by atoms with Crippen LogP contribution in [0, 0.1) is 0 Å². The molecule has 0 aromatic carbocycles. The van der Waals surface area contributed by atoms with Gasteiger partial charge in [0.2, 0.25) is 0 Å². The van der Waals surface area contributed by atoms with Gasteiger partial charge in [-0.3, -0.25) is 0 Å². The van der Waals surface area contributed by atoms with Crippen molar-refractivity contribution in [3.8, 4) is 0 Å². The SMILES string of the molecule is C1CN[C@@H]2CCC[C@H]2OC1. The molecule has 1 saturated carbocycles. The topological polar surface area (TPSA) is 21.3 Å². The third-order valence-electron chi connectivity index (χ3n) is 2.51. The number of rotatable bonds is 0. The smallest absolute Gasteiger partial charge is 0.0728 e. The van der Waals surface area contributed by atoms with E-state index in [1.165, 1.54) is 25.7 Å². The van der Waals surface area contributed by atoms with Gasteiger partial charge in [0, 0.05) is 12.6 Å². The first-order valence-corrected chi connectivity index (χ1v) is 4.32. The number of hydrogen-bond donors (Lipinski definition) is 1. The van der Waals surface area contributed by atoms with E-state index in [1.807, 2.05) is 0 Å². The van der Waals surface area contributed by atoms with Gasteiger partial charge in [0.1, 0.15) is 0 Å². The Morgan fingerprint density at radius 3 is 3.20 bits per heavy atom. The van der Waals surface area contributed by atoms with Gasteiger partial charge >= 0.3 is 0 Å². The molecule has 0 spiro atoms. The number of ether oxygens (including phenoxy) is 1. The van der Waals surface area contributed by atoms with Crippen LogP contribution in [0.2, 0.25) is 0 Å². The number of fused-ring (bicyclic) bond motifs is 1. The summed E-state index contributed by atoms with van der Waals surface area (Å²) in [4.78, 5) is 0. The molecule has 1 aliphatic carbocycles. The fourth-order valence-electron chi connectivity index (χ4n) is 1.95. The standard InChI is InChI=1S/C8H15NO/c1-3-7-8(4-1)10-6-2-5-9-7/h7-9H,1-6H2/t7-,8-/m1/s1. The van der Waals surface area contributed by atoms with E-state index >= 15 is 0 Å². The molecular weight excluding hydrogens is 126 g/mol. The van der Waals surface area contributed by atoms with Gasteiger partial charge in [-0.05, 0) is 32.2 Å². The van der Waals surface area contributed by atoms with Crippen molar-refractivity contribution in [3.05, 3.63) is 0 Å². The number of nitrogens with one attached hydrogen (secondary N) is 1. The highest BCUT2D eigenvalue weighted by Crippen LogP contribution is 2.23. The molecule has 0 amide bonds. The average molecular weight is 141 g/mol. The minimum atomic E-state index is 0.544. The van der Waals surface area contributed by atoms with E-state index in [2.05, 4.69) is 5.32 Å². The zero-order chi connectivity index (χ0) is 6.81. The minimum absolute atomic E-state index is 0.544. The summed E-state index contributed by atoms with van der Waals surface area (Å²) in [6.45, 7) is 2.12. The Bertz CT molecular complexity index is 104. The van der Waals surface area contributed by atoms with Crippen LogP contribution in [0.3, 0.4) is 0 Å². The Hall–Kier alpha value is -0.0800. The monoisotopic (exact) mass is 141 g/mol. The van der Waals surface area contributed by atoms with E-state index in [4.69, 9.17) is 4.74 Å². The summed E-state index contributed by atoms with van der Waals surface area (Å²) in [5, 5.41) is 3.52. The van der Waals surface area contributed by atoms with Crippen LogP contribution < -0.4 is 5.32 Å². The van der Waals surface area contributed by atoms with Crippen LogP contribution in [-0.2, 0) is 4.74 Å². The van der Waals surface area contributed by atoms with Crippen molar-refractivity contribution in [2.24, 2.45) is 0 Å². The van der Waals surface area contributed by atoms with E-state index in [0.717, 1.165) is 13.2 Å². The molecule has 1 aliphatic heterocycles. The predicted octanol–water partition coefficient (Wildman–Crippen LogP) is 0.917. The molecule has 0 aromatic rings. The zero-order valence-corrected chi connectivity index (χ0v) is 6.31. The molecule has 2 atom stereocenters. The molecule has 2 aliphatic rings. The first-order chi connectivity index (χ1) is 4.97. The molecule has 2 heteroatoms. The Morgan fingerprint density at radius 1 is 1.20 bits per heavy atom. The van der Waals surface area contributed by atoms with Crippen molar-refractivity contribution < 1.29 is 4.74 Å². The average Bonchev–Trinajstić information content (AvgIpc) is 2.28. The molecule has 0 radical (unpaired) electrons. The van der Waals surface area contributed by atoms with Crippen LogP contribution in [0.5, 0.6) is 0 Å². The molecule has 0 unspecified atom stereocenters. The molecule has 2 rings (SSSR count). The first-order valence-electron chi connectivity index (χ1n) is 4.32. The normalized spacial score (nSPS) is 40.8. The van der Waals surface area contributed by atoms with Crippen molar-refractivity contribution in [2.45, 2.75) is 37.8 Å². The van der Waals surface area contributed by atoms with E-state index in [1.54, 1.807) is 0 Å². The fourth-order valence-corrected chi connectivity index (χ4v) is 1.95. The lowest BCUT2D eigenvalue weighted by Gasteiger charge is -2.16. The van der Waals surface area contributed by atoms with Crippen LogP contribution in [-0.4, -0.2) is 25.3 Å². The van der Waals surface area contributed by atoms with Crippen LogP contribution in [0.25, 0.3) is 0 Å². The lowest BCUT2D eigenvalue weighted by Crippen LogP contribution is -2.34. The molecular formula is C8H15NO. The third kappa shape index (κ3) is 1.18. The summed E-state index contributed by atoms with van der Waals surface area (Å²) in [6.07, 6.45) is 5.68. The van der Waals surface area contributed by atoms with Crippen molar-refractivity contribution in [2.75, 3.05) is 13.2 Å². The maximum atomic E-state index is 5.66. The second-order valence-electron chi connectivity index (χ2n) is 3.25. The molecule has 2 fully saturated rings. The van der Waals surface area contributed by atoms with E-state index in [9.17, 15) is 0 Å². The maximum absolute atomic E-state index is 5.66. The van der Waals surface area contributed by atoms with Gasteiger partial charge in [0.15, 0.2) is 0 Å². The van der Waals surface area contributed by atoms with Crippen molar-refractivity contribution in [3.63, 3.8) is 0 Å². The largest absolute Gasteiger partial charge is 0.377 e. The zero-order valence-electron chi connectivity index (χ0n) is 6.31. The highest BCUT2D eigenvalue weighted by Gasteiger charge is 2.28. The Morgan fingerprint density at radius 2 is 2.20 bits per heavy atom. The van der Waals surface area contributed by atoms with Crippen LogP contribution >= 0.6 is 0 Å². The van der Waals surface area contributed by atoms with Gasteiger partial charge in [-0.25, -0.2) is 0 Å². The van der Waals surface area contributed by atoms with Gasteiger partial charge in [-0.1, -0.05) is 0 Å². The van der Waals surface area contributed by atoms with Crippen molar-refractivity contribution >= 4 is 0 Å². The second-order valence-corrected chi connectivity index (χ2v) is 3.25. The van der Waals surface area contributed by atoms with Crippen LogP contribution in [0.15, 0.2) is 0 Å². The van der Waals surface area contributed by atoms with Crippen molar-refractivity contribution in [1.29, 1.82) is 0 Å². The molecule has 1 N–H and O–H groups in total. The first kappa shape index (κ1) is 6.62. The molecule has 58 valence electrons. The fraction of sp³-hybridized carbons (Fsp3) is 1.00. The predicted molar refractivity (Wildman–Crippen MR) is 40.0 cm³/mol. The van der Waals surface area contributed by atoms with E-state index in [0.29, 0.717) is 12.1 Å². The Balaban J connectivity index is 1.95. The van der Waals surface area contributed by atoms with E-state index < -0.39 is 0 Å². The molecule has 2 nitrogen and oxygen atoms in total. The van der Waals surface area contributed by atoms with E-state index in [-0.39, 0.29) is 0 Å². The lowest BCUT2D eigenvalue weighted by molar-refractivity contribution is 0.0562. The van der Waals surface area contributed by atoms with Crippen molar-refractivity contribution in [1.82, 2.24) is 5.32 Å². The second kappa shape index (κ2) is 2.89. The molecule has 0 bridgehead atoms. The lowest BCUT2D eigenvalue weighted by atomic mass is 10.2. The highest BCUT2D eigenvalue weighted by molar-refractivity contribution is 4.85. The maximum Gasteiger partial charge on any atom is 0.0728 e. The summed E-state index contributed by atoms with van der Waals surface area (Å²) in [5.74, 6) is 0. The van der Waals surface area contributed by atoms with Gasteiger partial charge in [0.05, 0.1) is 6.10 Å². The van der Waals surface area contributed by atoms with Crippen LogP contribution in [0.1, 0.15) is 25.7 Å². The molecule has 1 heterocycles. The third-order valence-corrected chi connectivity index (χ3v) is 2.51. The van der Waals surface area contributed by atoms with Gasteiger partial charge in [-0.2, -0.15) is 0 Å². The Labute approximate surface area is 61.9 Å². The quantitative estimate of drug-likeness (QED) is 0.541. The molecule has 0 aromatic heterocycles. The van der Waals surface area contributed by atoms with Gasteiger partial charge in [0.25, 0.3) is 0 Å². The Kier molecular flexibility index (Phi) is 1.91. The van der Waals surface area contributed by atoms with Gasteiger partial charge < -0.3 is 10.1 Å². The summed E-state index contributed by atoms with van der Waals surface area (Å²) in [7, 11) is 0. The number of hydrogen-bond acceptors (Lipinski definition) is 2.